The Labute approximate surface area is 162 Å². The molecule has 27 heavy (non-hydrogen) atoms. The van der Waals surface area contributed by atoms with Gasteiger partial charge in [-0.05, 0) is 25.2 Å². The number of thioether (sulfide) groups is 1. The number of non-ortho nitro benzene ring substituents is 1. The average molecular weight is 388 g/mol. The largest absolute Gasteiger partial charge is 0.383 e. The third kappa shape index (κ3) is 3.61. The highest BCUT2D eigenvalue weighted by Gasteiger charge is 2.40. The standard InChI is InChI=1S/C19H24N4O3S/c1-14-11-16(15-3-2-4-17(23(24)25)18(15)21-14)20-12-19(5-10-27-13-19)22-6-8-26-9-7-22/h2-4,11H,5-10,12-13H2,1H3,(H,20,21). The highest BCUT2D eigenvalue weighted by molar-refractivity contribution is 7.99. The molecule has 0 saturated carbocycles. The number of nitrogens with zero attached hydrogens (tertiary/aromatic N) is 3. The molecule has 4 rings (SSSR count). The summed E-state index contributed by atoms with van der Waals surface area (Å²) in [6.07, 6.45) is 1.15. The Balaban J connectivity index is 1.64. The number of aromatic nitrogens is 1. The number of nitro groups is 1. The van der Waals surface area contributed by atoms with E-state index < -0.39 is 0 Å². The van der Waals surface area contributed by atoms with Crippen LogP contribution in [0.1, 0.15) is 12.1 Å². The number of nitrogens with one attached hydrogen (secondary N) is 1. The van der Waals surface area contributed by atoms with E-state index in [1.807, 2.05) is 30.8 Å². The zero-order valence-electron chi connectivity index (χ0n) is 15.4. The Hall–Kier alpha value is -1.90. The molecule has 2 aliphatic heterocycles. The van der Waals surface area contributed by atoms with Crippen LogP contribution in [-0.2, 0) is 4.74 Å². The minimum Gasteiger partial charge on any atom is -0.383 e. The van der Waals surface area contributed by atoms with E-state index in [4.69, 9.17) is 4.74 Å². The molecule has 0 bridgehead atoms. The van der Waals surface area contributed by atoms with Crippen molar-refractivity contribution in [2.24, 2.45) is 0 Å². The van der Waals surface area contributed by atoms with Gasteiger partial charge >= 0.3 is 0 Å². The molecule has 2 saturated heterocycles. The second kappa shape index (κ2) is 7.61. The number of pyridine rings is 1. The van der Waals surface area contributed by atoms with Gasteiger partial charge in [0, 0.05) is 53.8 Å². The first-order valence-electron chi connectivity index (χ1n) is 9.28. The fourth-order valence-electron chi connectivity index (χ4n) is 4.05. The highest BCUT2D eigenvalue weighted by atomic mass is 32.2. The van der Waals surface area contributed by atoms with Gasteiger partial charge in [0.2, 0.25) is 0 Å². The van der Waals surface area contributed by atoms with Crippen molar-refractivity contribution in [3.63, 3.8) is 0 Å². The first-order valence-corrected chi connectivity index (χ1v) is 10.4. The first-order chi connectivity index (χ1) is 13.1. The fourth-order valence-corrected chi connectivity index (χ4v) is 5.53. The van der Waals surface area contributed by atoms with Gasteiger partial charge in [0.05, 0.1) is 18.1 Å². The van der Waals surface area contributed by atoms with Gasteiger partial charge in [-0.3, -0.25) is 15.0 Å². The number of benzene rings is 1. The minimum atomic E-state index is -0.360. The Morgan fingerprint density at radius 2 is 2.22 bits per heavy atom. The predicted octanol–water partition coefficient (Wildman–Crippen LogP) is 3.07. The lowest BCUT2D eigenvalue weighted by atomic mass is 9.95. The molecule has 0 radical (unpaired) electrons. The third-order valence-electron chi connectivity index (χ3n) is 5.52. The molecule has 2 aromatic rings. The smallest absolute Gasteiger partial charge is 0.295 e. The molecule has 2 aliphatic rings. The van der Waals surface area contributed by atoms with Crippen LogP contribution in [0.25, 0.3) is 10.9 Å². The van der Waals surface area contributed by atoms with Crippen LogP contribution in [0.5, 0.6) is 0 Å². The Morgan fingerprint density at radius 1 is 1.41 bits per heavy atom. The summed E-state index contributed by atoms with van der Waals surface area (Å²) in [5.74, 6) is 2.27. The van der Waals surface area contributed by atoms with Crippen molar-refractivity contribution in [1.29, 1.82) is 0 Å². The highest BCUT2D eigenvalue weighted by Crippen LogP contribution is 2.36. The van der Waals surface area contributed by atoms with E-state index in [0.29, 0.717) is 5.52 Å². The second-order valence-corrected chi connectivity index (χ2v) is 8.33. The van der Waals surface area contributed by atoms with E-state index >= 15 is 0 Å². The van der Waals surface area contributed by atoms with Gasteiger partial charge in [0.25, 0.3) is 5.69 Å². The average Bonchev–Trinajstić information content (AvgIpc) is 3.16. The molecule has 0 spiro atoms. The van der Waals surface area contributed by atoms with E-state index in [1.54, 1.807) is 6.07 Å². The molecule has 8 heteroatoms. The number of nitro benzene ring substituents is 1. The predicted molar refractivity (Wildman–Crippen MR) is 109 cm³/mol. The van der Waals surface area contributed by atoms with Gasteiger partial charge in [-0.2, -0.15) is 11.8 Å². The number of rotatable bonds is 5. The lowest BCUT2D eigenvalue weighted by molar-refractivity contribution is -0.383. The maximum absolute atomic E-state index is 11.4. The van der Waals surface area contributed by atoms with Crippen LogP contribution in [0.15, 0.2) is 24.3 Å². The first kappa shape index (κ1) is 18.5. The van der Waals surface area contributed by atoms with Crippen molar-refractivity contribution in [2.75, 3.05) is 49.7 Å². The number of hydrogen-bond donors (Lipinski definition) is 1. The van der Waals surface area contributed by atoms with Gasteiger partial charge in [-0.1, -0.05) is 12.1 Å². The number of para-hydroxylation sites is 1. The summed E-state index contributed by atoms with van der Waals surface area (Å²) in [6.45, 7) is 6.20. The Morgan fingerprint density at radius 3 is 2.93 bits per heavy atom. The quantitative estimate of drug-likeness (QED) is 0.623. The molecule has 3 heterocycles. The van der Waals surface area contributed by atoms with E-state index in [-0.39, 0.29) is 16.1 Å². The molecule has 2 fully saturated rings. The van der Waals surface area contributed by atoms with E-state index in [0.717, 1.165) is 61.8 Å². The number of anilines is 1. The summed E-state index contributed by atoms with van der Waals surface area (Å²) in [6, 6.07) is 7.14. The van der Waals surface area contributed by atoms with Crippen LogP contribution >= 0.6 is 11.8 Å². The maximum Gasteiger partial charge on any atom is 0.295 e. The summed E-state index contributed by atoms with van der Waals surface area (Å²) < 4.78 is 5.54. The van der Waals surface area contributed by atoms with Gasteiger partial charge in [-0.15, -0.1) is 0 Å². The third-order valence-corrected chi connectivity index (χ3v) is 6.75. The molecule has 0 aliphatic carbocycles. The minimum absolute atomic E-state index is 0.0542. The van der Waals surface area contributed by atoms with Crippen LogP contribution in [0.4, 0.5) is 11.4 Å². The van der Waals surface area contributed by atoms with Crippen LogP contribution in [0.2, 0.25) is 0 Å². The van der Waals surface area contributed by atoms with Crippen molar-refractivity contribution >= 4 is 34.0 Å². The molecule has 1 unspecified atom stereocenters. The number of morpholine rings is 1. The molecular formula is C19H24N4O3S. The van der Waals surface area contributed by atoms with Crippen LogP contribution in [0, 0.1) is 17.0 Å². The zero-order valence-corrected chi connectivity index (χ0v) is 16.3. The molecule has 144 valence electrons. The maximum atomic E-state index is 11.4. The molecular weight excluding hydrogens is 364 g/mol. The number of fused-ring (bicyclic) bond motifs is 1. The lowest BCUT2D eigenvalue weighted by Crippen LogP contribution is -2.57. The van der Waals surface area contributed by atoms with Crippen molar-refractivity contribution < 1.29 is 9.66 Å². The normalized spacial score (nSPS) is 23.6. The van der Waals surface area contributed by atoms with Crippen LogP contribution < -0.4 is 5.32 Å². The number of aryl methyl sites for hydroxylation is 1. The molecule has 1 N–H and O–H groups in total. The summed E-state index contributed by atoms with van der Waals surface area (Å²) in [4.78, 5) is 18.0. The molecule has 1 aromatic heterocycles. The van der Waals surface area contributed by atoms with E-state index in [9.17, 15) is 10.1 Å². The van der Waals surface area contributed by atoms with Crippen molar-refractivity contribution in [3.8, 4) is 0 Å². The molecule has 0 amide bonds. The fraction of sp³-hybridized carbons (Fsp3) is 0.526. The van der Waals surface area contributed by atoms with Gasteiger partial charge in [-0.25, -0.2) is 4.98 Å². The van der Waals surface area contributed by atoms with Gasteiger partial charge in [0.15, 0.2) is 5.52 Å². The zero-order chi connectivity index (χ0) is 18.9. The van der Waals surface area contributed by atoms with Crippen LogP contribution in [0.3, 0.4) is 0 Å². The topological polar surface area (TPSA) is 80.5 Å². The van der Waals surface area contributed by atoms with Gasteiger partial charge in [0.1, 0.15) is 0 Å². The van der Waals surface area contributed by atoms with Crippen LogP contribution in [-0.4, -0.2) is 64.7 Å². The monoisotopic (exact) mass is 388 g/mol. The summed E-state index contributed by atoms with van der Waals surface area (Å²) >= 11 is 2.00. The molecule has 7 nitrogen and oxygen atoms in total. The Kier molecular flexibility index (Phi) is 5.21. The number of hydrogen-bond acceptors (Lipinski definition) is 7. The van der Waals surface area contributed by atoms with Crippen molar-refractivity contribution in [1.82, 2.24) is 9.88 Å². The summed E-state index contributed by atoms with van der Waals surface area (Å²) in [5, 5.41) is 15.8. The molecule has 1 aromatic carbocycles. The van der Waals surface area contributed by atoms with Crippen molar-refractivity contribution in [2.45, 2.75) is 18.9 Å². The number of ether oxygens (including phenoxy) is 1. The second-order valence-electron chi connectivity index (χ2n) is 7.22. The van der Waals surface area contributed by atoms with Crippen molar-refractivity contribution in [3.05, 3.63) is 40.1 Å². The lowest BCUT2D eigenvalue weighted by Gasteiger charge is -2.43. The summed E-state index contributed by atoms with van der Waals surface area (Å²) in [5.41, 5.74) is 2.31. The summed E-state index contributed by atoms with van der Waals surface area (Å²) in [7, 11) is 0. The SMILES string of the molecule is Cc1cc(NCC2(N3CCOCC3)CCSC2)c2cccc([N+](=O)[O-])c2n1. The molecule has 1 atom stereocenters. The van der Waals surface area contributed by atoms with E-state index in [1.165, 1.54) is 11.8 Å². The van der Waals surface area contributed by atoms with Gasteiger partial charge < -0.3 is 10.1 Å². The van der Waals surface area contributed by atoms with E-state index in [2.05, 4.69) is 15.2 Å². The Bertz CT molecular complexity index is 848.